The molecular weight excluding hydrogens is 398 g/mol. The van der Waals surface area contributed by atoms with Crippen molar-refractivity contribution in [3.63, 3.8) is 0 Å². The van der Waals surface area contributed by atoms with E-state index in [1.165, 1.54) is 10.4 Å². The van der Waals surface area contributed by atoms with Crippen LogP contribution in [0.3, 0.4) is 0 Å². The van der Waals surface area contributed by atoms with Gasteiger partial charge in [-0.15, -0.1) is 0 Å². The van der Waals surface area contributed by atoms with Crippen LogP contribution in [0.25, 0.3) is 0 Å². The molecule has 1 heterocycles. The first kappa shape index (κ1) is 23.1. The predicted molar refractivity (Wildman–Crippen MR) is 131 cm³/mol. The summed E-state index contributed by atoms with van der Waals surface area (Å²) in [6.45, 7) is 13.5. The molecular formula is C27H33NO2Si. The summed E-state index contributed by atoms with van der Waals surface area (Å²) < 4.78 is 6.95. The predicted octanol–water partition coefficient (Wildman–Crippen LogP) is 4.88. The van der Waals surface area contributed by atoms with Crippen molar-refractivity contribution in [3.8, 4) is 0 Å². The first-order valence-electron chi connectivity index (χ1n) is 10.8. The van der Waals surface area contributed by atoms with E-state index in [9.17, 15) is 5.11 Å². The maximum atomic E-state index is 10.8. The fourth-order valence-electron chi connectivity index (χ4n) is 4.16. The van der Waals surface area contributed by atoms with Gasteiger partial charge in [-0.2, -0.15) is 0 Å². The third-order valence-corrected chi connectivity index (χ3v) is 11.0. The number of hydrogen-bond donors (Lipinski definition) is 1. The van der Waals surface area contributed by atoms with Crippen LogP contribution < -0.4 is 10.4 Å². The van der Waals surface area contributed by atoms with Gasteiger partial charge in [0.15, 0.2) is 0 Å². The van der Waals surface area contributed by atoms with E-state index >= 15 is 0 Å². The summed E-state index contributed by atoms with van der Waals surface area (Å²) in [4.78, 5) is 4.13. The molecule has 1 aromatic heterocycles. The van der Waals surface area contributed by atoms with Crippen molar-refractivity contribution in [2.75, 3.05) is 6.61 Å². The number of aromatic nitrogens is 1. The highest BCUT2D eigenvalue weighted by Gasteiger charge is 2.50. The zero-order chi connectivity index (χ0) is 22.5. The standard InChI is InChI=1S/C27H33NO2Si/c1-21(22(2)26(29)23-13-12-18-28-19-23)20-30-31(27(3,4)5,24-14-8-6-9-15-24)25-16-10-7-11-17-25/h6-19,22,26,29H,1,20H2,2-5H3/t22-,26+/m0/s1. The molecule has 162 valence electrons. The zero-order valence-electron chi connectivity index (χ0n) is 19.0. The lowest BCUT2D eigenvalue weighted by Gasteiger charge is -2.43. The number of nitrogens with zero attached hydrogens (tertiary/aromatic N) is 1. The molecule has 0 aliphatic heterocycles. The van der Waals surface area contributed by atoms with Crippen LogP contribution in [0.4, 0.5) is 0 Å². The average Bonchev–Trinajstić information content (AvgIpc) is 2.79. The molecule has 0 saturated heterocycles. The molecule has 0 amide bonds. The minimum absolute atomic E-state index is 0.0960. The van der Waals surface area contributed by atoms with Gasteiger partial charge in [0.2, 0.25) is 0 Å². The molecule has 4 heteroatoms. The average molecular weight is 432 g/mol. The van der Waals surface area contributed by atoms with Gasteiger partial charge in [-0.05, 0) is 32.6 Å². The second-order valence-electron chi connectivity index (χ2n) is 9.13. The quantitative estimate of drug-likeness (QED) is 0.408. The van der Waals surface area contributed by atoms with E-state index in [2.05, 4.69) is 80.9 Å². The van der Waals surface area contributed by atoms with Crippen LogP contribution in [-0.2, 0) is 4.43 Å². The summed E-state index contributed by atoms with van der Waals surface area (Å²) in [5.41, 5.74) is 1.67. The van der Waals surface area contributed by atoms with Gasteiger partial charge in [-0.1, -0.05) is 101 Å². The minimum atomic E-state index is -2.63. The van der Waals surface area contributed by atoms with E-state index in [1.54, 1.807) is 12.4 Å². The molecule has 0 unspecified atom stereocenters. The highest BCUT2D eigenvalue weighted by atomic mass is 28.4. The molecule has 31 heavy (non-hydrogen) atoms. The number of benzene rings is 2. The first-order chi connectivity index (χ1) is 14.8. The summed E-state index contributed by atoms with van der Waals surface area (Å²) in [6.07, 6.45) is 2.75. The van der Waals surface area contributed by atoms with Crippen LogP contribution >= 0.6 is 0 Å². The van der Waals surface area contributed by atoms with E-state index in [0.29, 0.717) is 6.61 Å². The van der Waals surface area contributed by atoms with Crippen molar-refractivity contribution in [3.05, 3.63) is 103 Å². The summed E-state index contributed by atoms with van der Waals surface area (Å²) in [5, 5.41) is 13.2. The number of pyridine rings is 1. The number of aliphatic hydroxyl groups excluding tert-OH is 1. The van der Waals surface area contributed by atoms with Crippen molar-refractivity contribution >= 4 is 18.7 Å². The Morgan fingerprint density at radius 3 is 1.97 bits per heavy atom. The lowest BCUT2D eigenvalue weighted by molar-refractivity contribution is 0.128. The van der Waals surface area contributed by atoms with Crippen LogP contribution in [0.15, 0.2) is 97.3 Å². The lowest BCUT2D eigenvalue weighted by Crippen LogP contribution is -2.66. The smallest absolute Gasteiger partial charge is 0.261 e. The van der Waals surface area contributed by atoms with Crippen molar-refractivity contribution < 1.29 is 9.53 Å². The molecule has 3 nitrogen and oxygen atoms in total. The monoisotopic (exact) mass is 431 g/mol. The van der Waals surface area contributed by atoms with Crippen LogP contribution in [-0.4, -0.2) is 25.0 Å². The van der Waals surface area contributed by atoms with Gasteiger partial charge in [0.25, 0.3) is 8.32 Å². The van der Waals surface area contributed by atoms with Crippen LogP contribution in [0, 0.1) is 5.92 Å². The molecule has 0 aliphatic carbocycles. The van der Waals surface area contributed by atoms with Gasteiger partial charge < -0.3 is 9.53 Å². The number of hydrogen-bond acceptors (Lipinski definition) is 3. The minimum Gasteiger partial charge on any atom is -0.403 e. The van der Waals surface area contributed by atoms with E-state index in [1.807, 2.05) is 31.2 Å². The Morgan fingerprint density at radius 2 is 1.52 bits per heavy atom. The number of aliphatic hydroxyl groups is 1. The van der Waals surface area contributed by atoms with Crippen molar-refractivity contribution in [2.24, 2.45) is 5.92 Å². The third kappa shape index (κ3) is 4.87. The zero-order valence-corrected chi connectivity index (χ0v) is 20.0. The van der Waals surface area contributed by atoms with Crippen molar-refractivity contribution in [1.29, 1.82) is 0 Å². The highest BCUT2D eigenvalue weighted by Crippen LogP contribution is 2.37. The molecule has 2 aromatic carbocycles. The fraction of sp³-hybridized carbons (Fsp3) is 0.296. The molecule has 0 radical (unpaired) electrons. The van der Waals surface area contributed by atoms with Crippen molar-refractivity contribution in [1.82, 2.24) is 4.98 Å². The Labute approximate surface area is 187 Å². The maximum Gasteiger partial charge on any atom is 0.261 e. The summed E-state index contributed by atoms with van der Waals surface area (Å²) in [5.74, 6) is -0.151. The molecule has 3 rings (SSSR count). The summed E-state index contributed by atoms with van der Waals surface area (Å²) >= 11 is 0. The largest absolute Gasteiger partial charge is 0.403 e. The first-order valence-corrected chi connectivity index (χ1v) is 12.7. The molecule has 3 aromatic rings. The Kier molecular flexibility index (Phi) is 7.26. The SMILES string of the molecule is C=C(CO[Si](c1ccccc1)(c1ccccc1)C(C)(C)C)[C@H](C)[C@@H](O)c1cccnc1. The fourth-order valence-corrected chi connectivity index (χ4v) is 8.71. The molecule has 0 saturated carbocycles. The van der Waals surface area contributed by atoms with E-state index < -0.39 is 14.4 Å². The Morgan fingerprint density at radius 1 is 0.968 bits per heavy atom. The van der Waals surface area contributed by atoms with Gasteiger partial charge in [-0.3, -0.25) is 4.98 Å². The van der Waals surface area contributed by atoms with Gasteiger partial charge in [0.1, 0.15) is 0 Å². The normalized spacial score (nSPS) is 14.1. The Bertz CT molecular complexity index is 929. The molecule has 1 N–H and O–H groups in total. The van der Waals surface area contributed by atoms with Crippen LogP contribution in [0.1, 0.15) is 39.4 Å². The van der Waals surface area contributed by atoms with Crippen molar-refractivity contribution in [2.45, 2.75) is 38.8 Å². The van der Waals surface area contributed by atoms with Gasteiger partial charge in [0, 0.05) is 18.3 Å². The van der Waals surface area contributed by atoms with E-state index in [4.69, 9.17) is 4.43 Å². The topological polar surface area (TPSA) is 42.4 Å². The van der Waals surface area contributed by atoms with Gasteiger partial charge in [-0.25, -0.2) is 0 Å². The number of rotatable bonds is 8. The maximum absolute atomic E-state index is 10.8. The molecule has 0 spiro atoms. The molecule has 0 fully saturated rings. The third-order valence-electron chi connectivity index (χ3n) is 6.03. The lowest BCUT2D eigenvalue weighted by atomic mass is 9.93. The second-order valence-corrected chi connectivity index (χ2v) is 13.4. The Balaban J connectivity index is 1.93. The van der Waals surface area contributed by atoms with Crippen LogP contribution in [0.5, 0.6) is 0 Å². The van der Waals surface area contributed by atoms with Gasteiger partial charge in [0.05, 0.1) is 12.7 Å². The van der Waals surface area contributed by atoms with E-state index in [-0.39, 0.29) is 11.0 Å². The highest BCUT2D eigenvalue weighted by molar-refractivity contribution is 6.99. The van der Waals surface area contributed by atoms with Crippen LogP contribution in [0.2, 0.25) is 5.04 Å². The molecule has 0 bridgehead atoms. The Hall–Kier alpha value is -2.53. The van der Waals surface area contributed by atoms with E-state index in [0.717, 1.165) is 11.1 Å². The summed E-state index contributed by atoms with van der Waals surface area (Å²) in [7, 11) is -2.63. The summed E-state index contributed by atoms with van der Waals surface area (Å²) in [6, 6.07) is 24.9. The molecule has 0 aliphatic rings. The second kappa shape index (κ2) is 9.73. The van der Waals surface area contributed by atoms with Gasteiger partial charge >= 0.3 is 0 Å². The molecule has 2 atom stereocenters.